The average molecular weight is 339 g/mol. The molecule has 3 rings (SSSR count). The number of tetrazole rings is 1. The van der Waals surface area contributed by atoms with Gasteiger partial charge in [-0.25, -0.2) is 4.68 Å². The van der Waals surface area contributed by atoms with Crippen LogP contribution >= 0.6 is 0 Å². The number of methoxy groups -OCH3 is 1. The molecule has 7 nitrogen and oxygen atoms in total. The van der Waals surface area contributed by atoms with E-state index in [0.29, 0.717) is 37.1 Å². The van der Waals surface area contributed by atoms with E-state index in [-0.39, 0.29) is 0 Å². The number of hydrogen-bond donors (Lipinski definition) is 1. The maximum Gasteiger partial charge on any atom is 0.243 e. The summed E-state index contributed by atoms with van der Waals surface area (Å²) >= 11 is 0. The first kappa shape index (κ1) is 16.8. The maximum atomic E-state index is 5.87. The van der Waals surface area contributed by atoms with E-state index in [1.165, 1.54) is 0 Å². The molecule has 0 spiro atoms. The highest BCUT2D eigenvalue weighted by Crippen LogP contribution is 2.29. The van der Waals surface area contributed by atoms with Crippen molar-refractivity contribution in [2.45, 2.75) is 26.6 Å². The van der Waals surface area contributed by atoms with Crippen molar-refractivity contribution < 1.29 is 9.47 Å². The average Bonchev–Trinajstić information content (AvgIpc) is 3.13. The number of ether oxygens (including phenoxy) is 2. The Balaban J connectivity index is 1.64. The van der Waals surface area contributed by atoms with Gasteiger partial charge in [-0.15, -0.1) is 0 Å². The fraction of sp³-hybridized carbons (Fsp3) is 0.278. The van der Waals surface area contributed by atoms with Gasteiger partial charge in [0.2, 0.25) is 5.95 Å². The third-order valence-electron chi connectivity index (χ3n) is 3.75. The zero-order valence-electron chi connectivity index (χ0n) is 14.3. The summed E-state index contributed by atoms with van der Waals surface area (Å²) < 4.78 is 13.0. The zero-order valence-corrected chi connectivity index (χ0v) is 14.3. The van der Waals surface area contributed by atoms with Gasteiger partial charge in [0.1, 0.15) is 6.61 Å². The van der Waals surface area contributed by atoms with E-state index < -0.39 is 0 Å². The molecule has 1 heterocycles. The minimum absolute atomic E-state index is 0.500. The molecule has 0 aliphatic carbocycles. The largest absolute Gasteiger partial charge is 0.493 e. The number of benzene rings is 2. The summed E-state index contributed by atoms with van der Waals surface area (Å²) in [6.07, 6.45) is 0. The Hall–Kier alpha value is -3.09. The third kappa shape index (κ3) is 4.26. The highest BCUT2D eigenvalue weighted by atomic mass is 16.5. The normalized spacial score (nSPS) is 10.5. The van der Waals surface area contributed by atoms with Crippen molar-refractivity contribution in [1.82, 2.24) is 20.2 Å². The van der Waals surface area contributed by atoms with Crippen LogP contribution in [0.4, 0.5) is 5.95 Å². The molecule has 2 aromatic carbocycles. The molecular weight excluding hydrogens is 318 g/mol. The highest BCUT2D eigenvalue weighted by molar-refractivity contribution is 5.44. The fourth-order valence-corrected chi connectivity index (χ4v) is 2.40. The monoisotopic (exact) mass is 339 g/mol. The summed E-state index contributed by atoms with van der Waals surface area (Å²) in [7, 11) is 1.64. The van der Waals surface area contributed by atoms with Crippen LogP contribution in [0.5, 0.6) is 11.5 Å². The van der Waals surface area contributed by atoms with Crippen LogP contribution in [0.2, 0.25) is 0 Å². The molecule has 0 saturated heterocycles. The molecule has 0 bridgehead atoms. The highest BCUT2D eigenvalue weighted by Gasteiger charge is 2.08. The summed E-state index contributed by atoms with van der Waals surface area (Å²) in [6.45, 7) is 3.80. The number of aromatic nitrogens is 4. The molecule has 0 amide bonds. The van der Waals surface area contributed by atoms with Crippen LogP contribution < -0.4 is 14.8 Å². The first-order valence-electron chi connectivity index (χ1n) is 8.14. The molecule has 0 fully saturated rings. The topological polar surface area (TPSA) is 74.1 Å². The lowest BCUT2D eigenvalue weighted by Crippen LogP contribution is -2.08. The lowest BCUT2D eigenvalue weighted by molar-refractivity contribution is 0.284. The maximum absolute atomic E-state index is 5.87. The molecule has 130 valence electrons. The number of aryl methyl sites for hydroxylation is 1. The molecule has 3 aromatic rings. The Kier molecular flexibility index (Phi) is 5.46. The molecule has 7 heteroatoms. The van der Waals surface area contributed by atoms with E-state index in [9.17, 15) is 0 Å². The van der Waals surface area contributed by atoms with Gasteiger partial charge < -0.3 is 14.8 Å². The fourth-order valence-electron chi connectivity index (χ4n) is 2.40. The third-order valence-corrected chi connectivity index (χ3v) is 3.75. The second-order valence-corrected chi connectivity index (χ2v) is 5.43. The second kappa shape index (κ2) is 8.14. The summed E-state index contributed by atoms with van der Waals surface area (Å²) in [5.41, 5.74) is 2.16. The van der Waals surface area contributed by atoms with E-state index in [0.717, 1.165) is 11.1 Å². The van der Waals surface area contributed by atoms with Crippen molar-refractivity contribution in [1.29, 1.82) is 0 Å². The van der Waals surface area contributed by atoms with E-state index in [1.54, 1.807) is 11.8 Å². The molecule has 0 aliphatic rings. The number of hydrogen-bond acceptors (Lipinski definition) is 6. The van der Waals surface area contributed by atoms with Crippen molar-refractivity contribution >= 4 is 5.95 Å². The van der Waals surface area contributed by atoms with E-state index in [1.807, 2.05) is 55.5 Å². The van der Waals surface area contributed by atoms with Crippen LogP contribution in [-0.4, -0.2) is 27.3 Å². The van der Waals surface area contributed by atoms with Gasteiger partial charge in [0.25, 0.3) is 0 Å². The van der Waals surface area contributed by atoms with E-state index in [2.05, 4.69) is 20.8 Å². The number of nitrogens with one attached hydrogen (secondary N) is 1. The van der Waals surface area contributed by atoms with Crippen molar-refractivity contribution in [2.75, 3.05) is 12.4 Å². The molecule has 0 unspecified atom stereocenters. The summed E-state index contributed by atoms with van der Waals surface area (Å²) in [5.74, 6) is 2.06. The molecule has 0 aliphatic heterocycles. The second-order valence-electron chi connectivity index (χ2n) is 5.43. The Labute approximate surface area is 146 Å². The summed E-state index contributed by atoms with van der Waals surface area (Å²) in [4.78, 5) is 0. The predicted molar refractivity (Wildman–Crippen MR) is 94.6 cm³/mol. The van der Waals surface area contributed by atoms with Gasteiger partial charge in [0, 0.05) is 13.1 Å². The molecular formula is C18H21N5O2. The first-order valence-corrected chi connectivity index (χ1v) is 8.14. The quantitative estimate of drug-likeness (QED) is 0.680. The van der Waals surface area contributed by atoms with Crippen LogP contribution in [-0.2, 0) is 19.7 Å². The smallest absolute Gasteiger partial charge is 0.243 e. The minimum atomic E-state index is 0.500. The van der Waals surface area contributed by atoms with Crippen LogP contribution in [0, 0.1) is 0 Å². The van der Waals surface area contributed by atoms with Gasteiger partial charge in [0.15, 0.2) is 11.5 Å². The van der Waals surface area contributed by atoms with Crippen molar-refractivity contribution in [3.8, 4) is 11.5 Å². The lowest BCUT2D eigenvalue weighted by atomic mass is 10.2. The molecule has 25 heavy (non-hydrogen) atoms. The van der Waals surface area contributed by atoms with Gasteiger partial charge in [-0.2, -0.15) is 0 Å². The molecule has 1 N–H and O–H groups in total. The lowest BCUT2D eigenvalue weighted by Gasteiger charge is -2.13. The number of anilines is 1. The minimum Gasteiger partial charge on any atom is -0.493 e. The van der Waals surface area contributed by atoms with E-state index in [4.69, 9.17) is 9.47 Å². The molecule has 1 aromatic heterocycles. The van der Waals surface area contributed by atoms with Crippen molar-refractivity contribution in [3.05, 3.63) is 59.7 Å². The Morgan fingerprint density at radius 1 is 1.04 bits per heavy atom. The van der Waals surface area contributed by atoms with Crippen LogP contribution in [0.1, 0.15) is 18.1 Å². The van der Waals surface area contributed by atoms with Gasteiger partial charge in [-0.3, -0.25) is 0 Å². The van der Waals surface area contributed by atoms with Gasteiger partial charge in [0.05, 0.1) is 7.11 Å². The SMILES string of the molecule is CCn1nnnc1NCc1ccc(OCc2ccccc2)c(OC)c1. The van der Waals surface area contributed by atoms with Crippen molar-refractivity contribution in [3.63, 3.8) is 0 Å². The Morgan fingerprint density at radius 3 is 2.64 bits per heavy atom. The first-order chi connectivity index (χ1) is 12.3. The predicted octanol–water partition coefficient (Wildman–Crippen LogP) is 2.89. The zero-order chi connectivity index (χ0) is 17.5. The molecule has 0 saturated carbocycles. The standard InChI is InChI=1S/C18H21N5O2/c1-3-23-18(20-21-22-23)19-12-15-9-10-16(17(11-15)24-2)25-13-14-7-5-4-6-8-14/h4-11H,3,12-13H2,1-2H3,(H,19,20,22). The van der Waals surface area contributed by atoms with Gasteiger partial charge >= 0.3 is 0 Å². The summed E-state index contributed by atoms with van der Waals surface area (Å²) in [6, 6.07) is 15.9. The Morgan fingerprint density at radius 2 is 1.88 bits per heavy atom. The van der Waals surface area contributed by atoms with E-state index >= 15 is 0 Å². The number of rotatable bonds is 8. The summed E-state index contributed by atoms with van der Waals surface area (Å²) in [5, 5.41) is 14.7. The van der Waals surface area contributed by atoms with Crippen LogP contribution in [0.3, 0.4) is 0 Å². The van der Waals surface area contributed by atoms with Crippen molar-refractivity contribution in [2.24, 2.45) is 0 Å². The Bertz CT molecular complexity index is 804. The van der Waals surface area contributed by atoms with Crippen LogP contribution in [0.25, 0.3) is 0 Å². The molecule has 0 atom stereocenters. The number of nitrogens with zero attached hydrogens (tertiary/aromatic N) is 4. The van der Waals surface area contributed by atoms with Gasteiger partial charge in [-0.05, 0) is 40.6 Å². The van der Waals surface area contributed by atoms with Gasteiger partial charge in [-0.1, -0.05) is 41.5 Å². The van der Waals surface area contributed by atoms with Crippen LogP contribution in [0.15, 0.2) is 48.5 Å². The molecule has 0 radical (unpaired) electrons.